The second-order valence-electron chi connectivity index (χ2n) is 5.35. The molecular weight excluding hydrogens is 292 g/mol. The number of primary sulfonamides is 1. The van der Waals surface area contributed by atoms with Crippen molar-refractivity contribution >= 4 is 15.9 Å². The summed E-state index contributed by atoms with van der Waals surface area (Å²) in [6.07, 6.45) is 3.80. The molecule has 1 amide bonds. The van der Waals surface area contributed by atoms with Crippen molar-refractivity contribution in [1.29, 1.82) is 0 Å². The average Bonchev–Trinajstić information content (AvgIpc) is 2.40. The molecule has 0 heterocycles. The van der Waals surface area contributed by atoms with Gasteiger partial charge in [-0.1, -0.05) is 6.92 Å². The highest BCUT2D eigenvalue weighted by Gasteiger charge is 2.37. The van der Waals surface area contributed by atoms with Crippen molar-refractivity contribution in [2.75, 3.05) is 7.11 Å². The molecule has 1 aromatic carbocycles. The van der Waals surface area contributed by atoms with Crippen LogP contribution in [-0.2, 0) is 10.0 Å². The van der Waals surface area contributed by atoms with Crippen LogP contribution >= 0.6 is 0 Å². The zero-order valence-electron chi connectivity index (χ0n) is 12.2. The Bertz CT molecular complexity index is 645. The number of hydrogen-bond donors (Lipinski definition) is 2. The summed E-state index contributed by atoms with van der Waals surface area (Å²) in [7, 11) is -2.43. The molecule has 21 heavy (non-hydrogen) atoms. The average molecular weight is 312 g/mol. The molecule has 0 unspecified atom stereocenters. The molecule has 0 bridgehead atoms. The van der Waals surface area contributed by atoms with E-state index in [1.807, 2.05) is 6.92 Å². The molecule has 116 valence electrons. The summed E-state index contributed by atoms with van der Waals surface area (Å²) in [4.78, 5) is 12.3. The van der Waals surface area contributed by atoms with E-state index in [1.165, 1.54) is 25.3 Å². The summed E-state index contributed by atoms with van der Waals surface area (Å²) in [6.45, 7) is 2.03. The van der Waals surface area contributed by atoms with Crippen LogP contribution in [0.25, 0.3) is 0 Å². The van der Waals surface area contributed by atoms with E-state index < -0.39 is 10.0 Å². The number of rotatable bonds is 5. The minimum absolute atomic E-state index is 0.104. The lowest BCUT2D eigenvalue weighted by Gasteiger charge is -2.42. The molecule has 1 fully saturated rings. The van der Waals surface area contributed by atoms with E-state index in [-0.39, 0.29) is 21.9 Å². The molecule has 0 spiro atoms. The van der Waals surface area contributed by atoms with Gasteiger partial charge in [-0.15, -0.1) is 0 Å². The molecule has 0 atom stereocenters. The van der Waals surface area contributed by atoms with Gasteiger partial charge in [-0.2, -0.15) is 0 Å². The Hall–Kier alpha value is -1.60. The summed E-state index contributed by atoms with van der Waals surface area (Å²) < 4.78 is 28.0. The molecule has 0 aromatic heterocycles. The van der Waals surface area contributed by atoms with Crippen molar-refractivity contribution in [2.45, 2.75) is 43.0 Å². The first kappa shape index (κ1) is 15.8. The molecule has 1 aliphatic rings. The molecule has 6 nitrogen and oxygen atoms in total. The first-order valence-electron chi connectivity index (χ1n) is 6.85. The van der Waals surface area contributed by atoms with Gasteiger partial charge in [0.15, 0.2) is 0 Å². The predicted octanol–water partition coefficient (Wildman–Crippen LogP) is 1.41. The fourth-order valence-electron chi connectivity index (χ4n) is 2.52. The Morgan fingerprint density at radius 2 is 2.10 bits per heavy atom. The zero-order chi connectivity index (χ0) is 15.7. The Morgan fingerprint density at radius 1 is 1.43 bits per heavy atom. The summed E-state index contributed by atoms with van der Waals surface area (Å²) in [5.74, 6) is -0.00984. The Balaban J connectivity index is 2.34. The Morgan fingerprint density at radius 3 is 2.52 bits per heavy atom. The third-order valence-electron chi connectivity index (χ3n) is 4.11. The number of nitrogens with two attached hydrogens (primary N) is 1. The van der Waals surface area contributed by atoms with Gasteiger partial charge in [0.2, 0.25) is 10.0 Å². The molecule has 3 N–H and O–H groups in total. The van der Waals surface area contributed by atoms with E-state index >= 15 is 0 Å². The maximum Gasteiger partial charge on any atom is 0.255 e. The number of ether oxygens (including phenoxy) is 1. The number of benzene rings is 1. The Labute approximate surface area is 124 Å². The van der Waals surface area contributed by atoms with Crippen LogP contribution in [0.5, 0.6) is 5.75 Å². The van der Waals surface area contributed by atoms with E-state index in [2.05, 4.69) is 5.32 Å². The van der Waals surface area contributed by atoms with Crippen molar-refractivity contribution in [3.05, 3.63) is 23.8 Å². The first-order valence-corrected chi connectivity index (χ1v) is 8.39. The highest BCUT2D eigenvalue weighted by Crippen LogP contribution is 2.35. The van der Waals surface area contributed by atoms with Crippen LogP contribution in [-0.4, -0.2) is 27.0 Å². The van der Waals surface area contributed by atoms with Gasteiger partial charge in [-0.05, 0) is 43.9 Å². The highest BCUT2D eigenvalue weighted by molar-refractivity contribution is 7.89. The fraction of sp³-hybridized carbons (Fsp3) is 0.500. The number of amides is 1. The molecule has 1 aliphatic carbocycles. The third-order valence-corrected chi connectivity index (χ3v) is 5.02. The summed E-state index contributed by atoms with van der Waals surface area (Å²) in [5.41, 5.74) is 0.00316. The van der Waals surface area contributed by atoms with Gasteiger partial charge in [0.05, 0.1) is 17.6 Å². The monoisotopic (exact) mass is 312 g/mol. The van der Waals surface area contributed by atoms with Gasteiger partial charge in [0.25, 0.3) is 5.91 Å². The lowest BCUT2D eigenvalue weighted by molar-refractivity contribution is 0.0817. The maximum atomic E-state index is 12.4. The Kier molecular flexibility index (Phi) is 4.25. The molecule has 0 radical (unpaired) electrons. The van der Waals surface area contributed by atoms with E-state index in [4.69, 9.17) is 9.88 Å². The van der Waals surface area contributed by atoms with Crippen LogP contribution in [0.4, 0.5) is 0 Å². The molecule has 0 aliphatic heterocycles. The van der Waals surface area contributed by atoms with Crippen LogP contribution in [0.3, 0.4) is 0 Å². The second kappa shape index (κ2) is 5.65. The van der Waals surface area contributed by atoms with Crippen molar-refractivity contribution in [3.8, 4) is 5.75 Å². The van der Waals surface area contributed by atoms with Crippen molar-refractivity contribution in [3.63, 3.8) is 0 Å². The van der Waals surface area contributed by atoms with E-state index in [1.54, 1.807) is 0 Å². The number of carbonyl (C=O) groups excluding carboxylic acids is 1. The van der Waals surface area contributed by atoms with Crippen LogP contribution < -0.4 is 15.2 Å². The topological polar surface area (TPSA) is 98.5 Å². The van der Waals surface area contributed by atoms with Gasteiger partial charge in [-0.25, -0.2) is 13.6 Å². The number of sulfonamides is 1. The smallest absolute Gasteiger partial charge is 0.255 e. The SMILES string of the molecule is CCC1(NC(=O)c2cc(S(N)(=O)=O)ccc2OC)CCC1. The fourth-order valence-corrected chi connectivity index (χ4v) is 3.06. The van der Waals surface area contributed by atoms with Gasteiger partial charge in [-0.3, -0.25) is 4.79 Å². The lowest BCUT2D eigenvalue weighted by Crippen LogP contribution is -2.53. The standard InChI is InChI=1S/C14H20N2O4S/c1-3-14(7-4-8-14)16-13(17)11-9-10(21(15,18)19)5-6-12(11)20-2/h5-6,9H,3-4,7-8H2,1-2H3,(H,16,17)(H2,15,18,19). The zero-order valence-corrected chi connectivity index (χ0v) is 13.0. The molecule has 7 heteroatoms. The van der Waals surface area contributed by atoms with Gasteiger partial charge in [0.1, 0.15) is 5.75 Å². The van der Waals surface area contributed by atoms with Crippen molar-refractivity contribution in [2.24, 2.45) is 5.14 Å². The van der Waals surface area contributed by atoms with Gasteiger partial charge in [0, 0.05) is 5.54 Å². The van der Waals surface area contributed by atoms with E-state index in [0.29, 0.717) is 5.75 Å². The molecule has 0 saturated heterocycles. The van der Waals surface area contributed by atoms with Crippen LogP contribution in [0.15, 0.2) is 23.1 Å². The first-order chi connectivity index (χ1) is 9.81. The molecule has 1 saturated carbocycles. The third kappa shape index (κ3) is 3.19. The van der Waals surface area contributed by atoms with Crippen molar-refractivity contribution < 1.29 is 17.9 Å². The van der Waals surface area contributed by atoms with Gasteiger partial charge < -0.3 is 10.1 Å². The highest BCUT2D eigenvalue weighted by atomic mass is 32.2. The molecule has 1 aromatic rings. The molecule has 2 rings (SSSR count). The lowest BCUT2D eigenvalue weighted by atomic mass is 9.74. The minimum Gasteiger partial charge on any atom is -0.496 e. The van der Waals surface area contributed by atoms with E-state index in [9.17, 15) is 13.2 Å². The largest absolute Gasteiger partial charge is 0.496 e. The quantitative estimate of drug-likeness (QED) is 0.858. The van der Waals surface area contributed by atoms with E-state index in [0.717, 1.165) is 25.7 Å². The number of carbonyl (C=O) groups is 1. The number of nitrogens with one attached hydrogen (secondary N) is 1. The van der Waals surface area contributed by atoms with Gasteiger partial charge >= 0.3 is 0 Å². The molecular formula is C14H20N2O4S. The predicted molar refractivity (Wildman–Crippen MR) is 78.7 cm³/mol. The van der Waals surface area contributed by atoms with Crippen LogP contribution in [0.1, 0.15) is 43.0 Å². The maximum absolute atomic E-state index is 12.4. The summed E-state index contributed by atoms with van der Waals surface area (Å²) in [5, 5.41) is 8.10. The summed E-state index contributed by atoms with van der Waals surface area (Å²) in [6, 6.07) is 4.02. The minimum atomic E-state index is -3.86. The normalized spacial score (nSPS) is 16.9. The number of methoxy groups -OCH3 is 1. The van der Waals surface area contributed by atoms with Crippen molar-refractivity contribution in [1.82, 2.24) is 5.32 Å². The van der Waals surface area contributed by atoms with Crippen LogP contribution in [0.2, 0.25) is 0 Å². The number of hydrogen-bond acceptors (Lipinski definition) is 4. The summed E-state index contributed by atoms with van der Waals surface area (Å²) >= 11 is 0. The second-order valence-corrected chi connectivity index (χ2v) is 6.91. The van der Waals surface area contributed by atoms with Crippen LogP contribution in [0, 0.1) is 0 Å².